The molecule has 0 aliphatic rings. The molecule has 1 unspecified atom stereocenters. The van der Waals surface area contributed by atoms with Crippen LogP contribution in [0.4, 0.5) is 0 Å². The van der Waals surface area contributed by atoms with Gasteiger partial charge in [-0.05, 0) is 25.5 Å². The van der Waals surface area contributed by atoms with E-state index in [1.165, 1.54) is 25.1 Å². The van der Waals surface area contributed by atoms with Gasteiger partial charge in [0.25, 0.3) is 0 Å². The second kappa shape index (κ2) is 5.66. The predicted octanol–water partition coefficient (Wildman–Crippen LogP) is 2.53. The smallest absolute Gasteiger partial charge is 0.324 e. The third kappa shape index (κ3) is 3.39. The molecule has 0 aromatic heterocycles. The number of hydrogen-bond donors (Lipinski definition) is 2. The number of aliphatic carboxylic acids is 1. The molecule has 1 aromatic rings. The lowest BCUT2D eigenvalue weighted by atomic mass is 10.0. The highest BCUT2D eigenvalue weighted by Crippen LogP contribution is 2.29. The van der Waals surface area contributed by atoms with E-state index in [0.29, 0.717) is 0 Å². The molecule has 0 spiro atoms. The quantitative estimate of drug-likeness (QED) is 0.871. The van der Waals surface area contributed by atoms with Crippen LogP contribution in [0.3, 0.4) is 0 Å². The summed E-state index contributed by atoms with van der Waals surface area (Å²) in [7, 11) is -4.08. The minimum atomic E-state index is -4.08. The molecule has 0 amide bonds. The van der Waals surface area contributed by atoms with Crippen molar-refractivity contribution in [2.24, 2.45) is 0 Å². The largest absolute Gasteiger partial charge is 0.480 e. The zero-order chi connectivity index (χ0) is 14.8. The average molecular weight is 326 g/mol. The first-order chi connectivity index (χ1) is 8.64. The lowest BCUT2D eigenvalue weighted by Crippen LogP contribution is -2.51. The zero-order valence-electron chi connectivity index (χ0n) is 10.3. The van der Waals surface area contributed by atoms with Crippen LogP contribution in [0, 0.1) is 0 Å². The van der Waals surface area contributed by atoms with Gasteiger partial charge >= 0.3 is 5.97 Å². The molecule has 0 saturated heterocycles. The SMILES string of the molecule is CCC(C)(NS(=O)(=O)c1cccc(Cl)c1Cl)C(=O)O. The first-order valence-corrected chi connectivity index (χ1v) is 7.59. The molecule has 1 rings (SSSR count). The van der Waals surface area contributed by atoms with E-state index in [1.807, 2.05) is 0 Å². The third-order valence-electron chi connectivity index (χ3n) is 2.74. The van der Waals surface area contributed by atoms with Crippen molar-refractivity contribution in [3.05, 3.63) is 28.2 Å². The van der Waals surface area contributed by atoms with Crippen LogP contribution in [0.1, 0.15) is 20.3 Å². The van der Waals surface area contributed by atoms with Crippen LogP contribution >= 0.6 is 23.2 Å². The van der Waals surface area contributed by atoms with E-state index < -0.39 is 21.5 Å². The van der Waals surface area contributed by atoms with Crippen molar-refractivity contribution >= 4 is 39.2 Å². The highest BCUT2D eigenvalue weighted by molar-refractivity contribution is 7.89. The summed E-state index contributed by atoms with van der Waals surface area (Å²) < 4.78 is 26.5. The molecular weight excluding hydrogens is 313 g/mol. The minimum Gasteiger partial charge on any atom is -0.480 e. The summed E-state index contributed by atoms with van der Waals surface area (Å²) in [4.78, 5) is 10.9. The topological polar surface area (TPSA) is 83.5 Å². The number of sulfonamides is 1. The maximum Gasteiger partial charge on any atom is 0.324 e. The summed E-state index contributed by atoms with van der Waals surface area (Å²) in [6.45, 7) is 2.85. The van der Waals surface area contributed by atoms with Crippen molar-refractivity contribution in [2.45, 2.75) is 30.7 Å². The highest BCUT2D eigenvalue weighted by atomic mass is 35.5. The summed E-state index contributed by atoms with van der Waals surface area (Å²) in [6, 6.07) is 4.13. The molecule has 0 heterocycles. The maximum atomic E-state index is 12.2. The number of hydrogen-bond acceptors (Lipinski definition) is 3. The first-order valence-electron chi connectivity index (χ1n) is 5.35. The van der Waals surface area contributed by atoms with Crippen molar-refractivity contribution in [2.75, 3.05) is 0 Å². The fourth-order valence-corrected chi connectivity index (χ4v) is 3.51. The highest BCUT2D eigenvalue weighted by Gasteiger charge is 2.37. The fourth-order valence-electron chi connectivity index (χ4n) is 1.31. The number of carboxylic acids is 1. The Balaban J connectivity index is 3.26. The average Bonchev–Trinajstić information content (AvgIpc) is 2.31. The Hall–Kier alpha value is -0.820. The summed E-state index contributed by atoms with van der Waals surface area (Å²) in [5, 5.41) is 9.02. The molecule has 1 aromatic carbocycles. The molecule has 0 aliphatic carbocycles. The predicted molar refractivity (Wildman–Crippen MR) is 73.1 cm³/mol. The number of nitrogens with one attached hydrogen (secondary N) is 1. The van der Waals surface area contributed by atoms with Crippen LogP contribution in [0.5, 0.6) is 0 Å². The van der Waals surface area contributed by atoms with Gasteiger partial charge in [-0.3, -0.25) is 4.79 Å². The normalized spacial score (nSPS) is 14.9. The molecule has 2 N–H and O–H groups in total. The van der Waals surface area contributed by atoms with Crippen molar-refractivity contribution < 1.29 is 18.3 Å². The van der Waals surface area contributed by atoms with Gasteiger partial charge < -0.3 is 5.11 Å². The molecule has 106 valence electrons. The van der Waals surface area contributed by atoms with Crippen LogP contribution in [0.25, 0.3) is 0 Å². The van der Waals surface area contributed by atoms with E-state index in [9.17, 15) is 13.2 Å². The van der Waals surface area contributed by atoms with E-state index in [0.717, 1.165) is 0 Å². The molecule has 0 aliphatic heterocycles. The van der Waals surface area contributed by atoms with Gasteiger partial charge in [0.05, 0.1) is 10.0 Å². The second-order valence-electron chi connectivity index (χ2n) is 4.15. The van der Waals surface area contributed by atoms with E-state index in [-0.39, 0.29) is 21.4 Å². The van der Waals surface area contributed by atoms with Crippen molar-refractivity contribution in [1.82, 2.24) is 4.72 Å². The molecule has 19 heavy (non-hydrogen) atoms. The Bertz CT molecular complexity index is 603. The number of carboxylic acid groups (broad SMARTS) is 1. The van der Waals surface area contributed by atoms with Crippen molar-refractivity contribution in [3.63, 3.8) is 0 Å². The van der Waals surface area contributed by atoms with Crippen LogP contribution < -0.4 is 4.72 Å². The zero-order valence-corrected chi connectivity index (χ0v) is 12.6. The van der Waals surface area contributed by atoms with Crippen LogP contribution in [0.15, 0.2) is 23.1 Å². The van der Waals surface area contributed by atoms with Crippen molar-refractivity contribution in [3.8, 4) is 0 Å². The second-order valence-corrected chi connectivity index (χ2v) is 6.58. The van der Waals surface area contributed by atoms with E-state index >= 15 is 0 Å². The van der Waals surface area contributed by atoms with Crippen LogP contribution in [0.2, 0.25) is 10.0 Å². The van der Waals surface area contributed by atoms with Gasteiger partial charge in [0.15, 0.2) is 0 Å². The lowest BCUT2D eigenvalue weighted by Gasteiger charge is -2.24. The number of halogens is 2. The Labute approximate surface area is 121 Å². The van der Waals surface area contributed by atoms with E-state index in [2.05, 4.69) is 4.72 Å². The number of rotatable bonds is 5. The third-order valence-corrected chi connectivity index (χ3v) is 5.31. The molecule has 5 nitrogen and oxygen atoms in total. The Morgan fingerprint density at radius 3 is 2.47 bits per heavy atom. The van der Waals surface area contributed by atoms with Gasteiger partial charge in [0.2, 0.25) is 10.0 Å². The van der Waals surface area contributed by atoms with Gasteiger partial charge in [0.1, 0.15) is 10.4 Å². The van der Waals surface area contributed by atoms with Crippen LogP contribution in [-0.4, -0.2) is 25.0 Å². The monoisotopic (exact) mass is 325 g/mol. The van der Waals surface area contributed by atoms with Gasteiger partial charge in [-0.15, -0.1) is 0 Å². The molecule has 1 atom stereocenters. The molecule has 0 fully saturated rings. The van der Waals surface area contributed by atoms with Gasteiger partial charge in [-0.25, -0.2) is 8.42 Å². The Kier molecular flexibility index (Phi) is 4.84. The Morgan fingerprint density at radius 2 is 2.00 bits per heavy atom. The van der Waals surface area contributed by atoms with Gasteiger partial charge in [0, 0.05) is 0 Å². The molecule has 0 radical (unpaired) electrons. The lowest BCUT2D eigenvalue weighted by molar-refractivity contribution is -0.143. The standard InChI is InChI=1S/C11H13Cl2NO4S/c1-3-11(2,10(15)16)14-19(17,18)8-6-4-5-7(12)9(8)13/h4-6,14H,3H2,1-2H3,(H,15,16). The number of benzene rings is 1. The van der Waals surface area contributed by atoms with Gasteiger partial charge in [-0.2, -0.15) is 4.72 Å². The number of carbonyl (C=O) groups is 1. The maximum absolute atomic E-state index is 12.2. The summed E-state index contributed by atoms with van der Waals surface area (Å²) in [6.07, 6.45) is 0.0831. The summed E-state index contributed by atoms with van der Waals surface area (Å²) in [5.74, 6) is -1.27. The molecule has 8 heteroatoms. The summed E-state index contributed by atoms with van der Waals surface area (Å²) >= 11 is 11.6. The fraction of sp³-hybridized carbons (Fsp3) is 0.364. The first kappa shape index (κ1) is 16.2. The minimum absolute atomic E-state index is 0.0815. The van der Waals surface area contributed by atoms with E-state index in [1.54, 1.807) is 6.92 Å². The summed E-state index contributed by atoms with van der Waals surface area (Å²) in [5.41, 5.74) is -1.61. The van der Waals surface area contributed by atoms with Gasteiger partial charge in [-0.1, -0.05) is 36.2 Å². The molecule has 0 bridgehead atoms. The Morgan fingerprint density at radius 1 is 1.42 bits per heavy atom. The van der Waals surface area contributed by atoms with Crippen LogP contribution in [-0.2, 0) is 14.8 Å². The molecular formula is C11H13Cl2NO4S. The van der Waals surface area contributed by atoms with E-state index in [4.69, 9.17) is 28.3 Å². The molecule has 0 saturated carbocycles. The van der Waals surface area contributed by atoms with Crippen molar-refractivity contribution in [1.29, 1.82) is 0 Å².